The van der Waals surface area contributed by atoms with Crippen LogP contribution in [-0.2, 0) is 12.0 Å². The molecule has 0 bridgehead atoms. The van der Waals surface area contributed by atoms with E-state index in [0.29, 0.717) is 0 Å². The quantitative estimate of drug-likeness (QED) is 0.806. The van der Waals surface area contributed by atoms with Crippen molar-refractivity contribution in [2.24, 2.45) is 11.3 Å². The molecule has 2 heterocycles. The van der Waals surface area contributed by atoms with Crippen molar-refractivity contribution in [3.8, 4) is 6.07 Å². The number of piperidine rings is 1. The lowest BCUT2D eigenvalue weighted by molar-refractivity contribution is 0.104. The van der Waals surface area contributed by atoms with Crippen molar-refractivity contribution >= 4 is 0 Å². The molecule has 1 saturated carbocycles. The molecule has 4 heteroatoms. The van der Waals surface area contributed by atoms with Crippen LogP contribution >= 0.6 is 0 Å². The van der Waals surface area contributed by atoms with Crippen LogP contribution in [0, 0.1) is 22.7 Å². The molecule has 0 atom stereocenters. The Labute approximate surface area is 140 Å². The smallest absolute Gasteiger partial charge is 0.0703 e. The lowest BCUT2D eigenvalue weighted by Crippen LogP contribution is -2.46. The van der Waals surface area contributed by atoms with Crippen molar-refractivity contribution in [3.05, 3.63) is 18.0 Å². The number of hydrogen-bond acceptors (Lipinski definition) is 3. The minimum Gasteiger partial charge on any atom is -0.302 e. The molecule has 1 aliphatic heterocycles. The molecule has 1 aliphatic carbocycles. The van der Waals surface area contributed by atoms with E-state index in [9.17, 15) is 5.26 Å². The molecule has 3 rings (SSSR count). The first-order chi connectivity index (χ1) is 10.9. The highest BCUT2D eigenvalue weighted by Gasteiger charge is 2.45. The number of likely N-dealkylation sites (tertiary alicyclic amines) is 1. The third-order valence-corrected chi connectivity index (χ3v) is 5.75. The second kappa shape index (κ2) is 6.28. The first kappa shape index (κ1) is 16.5. The van der Waals surface area contributed by atoms with Gasteiger partial charge in [-0.05, 0) is 56.9 Å². The Kier molecular flexibility index (Phi) is 4.51. The fourth-order valence-electron chi connectivity index (χ4n) is 3.55. The van der Waals surface area contributed by atoms with Crippen LogP contribution in [0.2, 0.25) is 0 Å². The first-order valence-corrected chi connectivity index (χ1v) is 9.12. The number of aromatic nitrogens is 2. The minimum atomic E-state index is -0.0105. The molecule has 1 aromatic rings. The van der Waals surface area contributed by atoms with E-state index >= 15 is 0 Å². The van der Waals surface area contributed by atoms with Gasteiger partial charge in [0.2, 0.25) is 0 Å². The van der Waals surface area contributed by atoms with Gasteiger partial charge in [-0.15, -0.1) is 0 Å². The largest absolute Gasteiger partial charge is 0.302 e. The van der Waals surface area contributed by atoms with E-state index in [1.54, 1.807) is 0 Å². The summed E-state index contributed by atoms with van der Waals surface area (Å²) in [7, 11) is 0. The molecular formula is C19H30N4. The maximum absolute atomic E-state index is 9.27. The number of nitrogens with zero attached hydrogens (tertiary/aromatic N) is 4. The van der Waals surface area contributed by atoms with Gasteiger partial charge in [0, 0.05) is 25.8 Å². The van der Waals surface area contributed by atoms with Gasteiger partial charge in [0.15, 0.2) is 0 Å². The summed E-state index contributed by atoms with van der Waals surface area (Å²) in [6.45, 7) is 10.0. The van der Waals surface area contributed by atoms with Crippen molar-refractivity contribution in [1.29, 1.82) is 5.26 Å². The molecule has 1 aromatic heterocycles. The fourth-order valence-corrected chi connectivity index (χ4v) is 3.55. The molecular weight excluding hydrogens is 284 g/mol. The maximum atomic E-state index is 9.27. The highest BCUT2D eigenvalue weighted by Crippen LogP contribution is 2.46. The van der Waals surface area contributed by atoms with E-state index in [1.165, 1.54) is 12.0 Å². The molecule has 0 amide bonds. The Morgan fingerprint density at radius 3 is 2.52 bits per heavy atom. The summed E-state index contributed by atoms with van der Waals surface area (Å²) in [5, 5.41) is 13.9. The summed E-state index contributed by atoms with van der Waals surface area (Å²) in [4.78, 5) is 2.49. The lowest BCUT2D eigenvalue weighted by Gasteiger charge is -2.40. The Morgan fingerprint density at radius 2 is 1.96 bits per heavy atom. The average molecular weight is 314 g/mol. The highest BCUT2D eigenvalue weighted by atomic mass is 15.3. The van der Waals surface area contributed by atoms with Crippen LogP contribution in [0.15, 0.2) is 12.4 Å². The zero-order valence-electron chi connectivity index (χ0n) is 14.9. The van der Waals surface area contributed by atoms with Gasteiger partial charge in [0.1, 0.15) is 0 Å². The molecule has 2 aliphatic rings. The van der Waals surface area contributed by atoms with Crippen LogP contribution in [0.4, 0.5) is 0 Å². The predicted molar refractivity (Wildman–Crippen MR) is 92.0 cm³/mol. The summed E-state index contributed by atoms with van der Waals surface area (Å²) < 4.78 is 2.21. The second-order valence-corrected chi connectivity index (χ2v) is 8.39. The van der Waals surface area contributed by atoms with Crippen LogP contribution in [0.25, 0.3) is 0 Å². The first-order valence-electron chi connectivity index (χ1n) is 9.12. The molecule has 23 heavy (non-hydrogen) atoms. The molecule has 126 valence electrons. The Morgan fingerprint density at radius 1 is 1.26 bits per heavy atom. The van der Waals surface area contributed by atoms with Gasteiger partial charge in [0.05, 0.1) is 23.2 Å². The van der Waals surface area contributed by atoms with Gasteiger partial charge in [0.25, 0.3) is 0 Å². The molecule has 0 unspecified atom stereocenters. The van der Waals surface area contributed by atoms with E-state index in [2.05, 4.69) is 53.9 Å². The number of aryl methyl sites for hydroxylation is 1. The zero-order valence-corrected chi connectivity index (χ0v) is 14.9. The van der Waals surface area contributed by atoms with E-state index in [-0.39, 0.29) is 11.0 Å². The summed E-state index contributed by atoms with van der Waals surface area (Å²) in [5.74, 6) is 0.743. The van der Waals surface area contributed by atoms with Crippen LogP contribution in [-0.4, -0.2) is 34.3 Å². The SMILES string of the molecule is CC(C)CCc1cnn(C2(C)CCN(CC3(C#N)CC3)CC2)c1. The van der Waals surface area contributed by atoms with E-state index in [4.69, 9.17) is 0 Å². The molecule has 0 N–H and O–H groups in total. The van der Waals surface area contributed by atoms with Crippen molar-refractivity contribution in [2.75, 3.05) is 19.6 Å². The molecule has 0 spiro atoms. The number of hydrogen-bond donors (Lipinski definition) is 0. The minimum absolute atomic E-state index is 0.0105. The molecule has 0 radical (unpaired) electrons. The normalized spacial score (nSPS) is 22.9. The summed E-state index contributed by atoms with van der Waals surface area (Å²) in [6.07, 6.45) is 11.1. The summed E-state index contributed by atoms with van der Waals surface area (Å²) in [5.41, 5.74) is 1.49. The summed E-state index contributed by atoms with van der Waals surface area (Å²) >= 11 is 0. The van der Waals surface area contributed by atoms with Crippen molar-refractivity contribution < 1.29 is 0 Å². The highest BCUT2D eigenvalue weighted by molar-refractivity contribution is 5.12. The van der Waals surface area contributed by atoms with Crippen LogP contribution in [0.1, 0.15) is 58.4 Å². The average Bonchev–Trinajstić information content (AvgIpc) is 3.13. The van der Waals surface area contributed by atoms with Gasteiger partial charge in [-0.25, -0.2) is 0 Å². The van der Waals surface area contributed by atoms with Gasteiger partial charge in [-0.2, -0.15) is 10.4 Å². The molecule has 0 aromatic carbocycles. The lowest BCUT2D eigenvalue weighted by atomic mass is 9.89. The van der Waals surface area contributed by atoms with Gasteiger partial charge in [-0.1, -0.05) is 13.8 Å². The molecule has 4 nitrogen and oxygen atoms in total. The third-order valence-electron chi connectivity index (χ3n) is 5.75. The Bertz CT molecular complexity index is 568. The maximum Gasteiger partial charge on any atom is 0.0703 e. The zero-order chi connectivity index (χ0) is 16.5. The van der Waals surface area contributed by atoms with E-state index in [0.717, 1.165) is 57.7 Å². The van der Waals surface area contributed by atoms with Gasteiger partial charge < -0.3 is 4.90 Å². The standard InChI is InChI=1S/C19H30N4/c1-16(2)4-5-17-12-21-23(13-17)18(3)8-10-22(11-9-18)15-19(14-20)6-7-19/h12-13,16H,4-11,15H2,1-3H3. The number of nitriles is 1. The van der Waals surface area contributed by atoms with Gasteiger partial charge >= 0.3 is 0 Å². The van der Waals surface area contributed by atoms with Crippen molar-refractivity contribution in [1.82, 2.24) is 14.7 Å². The topological polar surface area (TPSA) is 44.9 Å². The molecule has 2 fully saturated rings. The predicted octanol–water partition coefficient (Wildman–Crippen LogP) is 3.59. The van der Waals surface area contributed by atoms with Crippen LogP contribution in [0.5, 0.6) is 0 Å². The fraction of sp³-hybridized carbons (Fsp3) is 0.789. The van der Waals surface area contributed by atoms with Crippen molar-refractivity contribution in [3.63, 3.8) is 0 Å². The van der Waals surface area contributed by atoms with E-state index in [1.807, 2.05) is 0 Å². The monoisotopic (exact) mass is 314 g/mol. The van der Waals surface area contributed by atoms with Crippen LogP contribution in [0.3, 0.4) is 0 Å². The van der Waals surface area contributed by atoms with Crippen LogP contribution < -0.4 is 0 Å². The summed E-state index contributed by atoms with van der Waals surface area (Å²) in [6, 6.07) is 2.52. The van der Waals surface area contributed by atoms with Gasteiger partial charge in [-0.3, -0.25) is 4.68 Å². The van der Waals surface area contributed by atoms with E-state index < -0.39 is 0 Å². The Balaban J connectivity index is 1.56. The second-order valence-electron chi connectivity index (χ2n) is 8.39. The third kappa shape index (κ3) is 3.77. The Hall–Kier alpha value is -1.34. The molecule has 1 saturated heterocycles. The number of rotatable bonds is 6. The van der Waals surface area contributed by atoms with Crippen molar-refractivity contribution in [2.45, 2.75) is 64.8 Å².